The number of ether oxygens (including phenoxy) is 1. The summed E-state index contributed by atoms with van der Waals surface area (Å²) < 4.78 is 5.45. The molecule has 1 aliphatic heterocycles. The van der Waals surface area contributed by atoms with Gasteiger partial charge in [0.2, 0.25) is 0 Å². The van der Waals surface area contributed by atoms with Gasteiger partial charge in [0.25, 0.3) is 5.91 Å². The van der Waals surface area contributed by atoms with Crippen molar-refractivity contribution >= 4 is 11.7 Å². The third-order valence-electron chi connectivity index (χ3n) is 4.29. The van der Waals surface area contributed by atoms with Crippen LogP contribution in [0.2, 0.25) is 0 Å². The van der Waals surface area contributed by atoms with Crippen LogP contribution in [0.15, 0.2) is 36.5 Å². The number of anilines is 1. The third kappa shape index (κ3) is 3.13. The van der Waals surface area contributed by atoms with Crippen molar-refractivity contribution in [2.24, 2.45) is 0 Å². The number of pyridine rings is 1. The standard InChI is InChI=1S/C18H21N3O2/c1-19-17-7-6-14(12-20-17)18(22)21-10-8-13-4-3-5-16(23-2)15(13)9-11-21/h3-7,12H,8-11H2,1-2H3,(H,19,20). The maximum atomic E-state index is 12.7. The van der Waals surface area contributed by atoms with E-state index in [4.69, 9.17) is 4.74 Å². The molecule has 0 bridgehead atoms. The monoisotopic (exact) mass is 311 g/mol. The molecule has 2 aromatic rings. The van der Waals surface area contributed by atoms with Gasteiger partial charge in [-0.1, -0.05) is 12.1 Å². The van der Waals surface area contributed by atoms with Crippen LogP contribution in [0.25, 0.3) is 0 Å². The minimum Gasteiger partial charge on any atom is -0.496 e. The van der Waals surface area contributed by atoms with Crippen LogP contribution < -0.4 is 10.1 Å². The van der Waals surface area contributed by atoms with Crippen molar-refractivity contribution in [3.05, 3.63) is 53.2 Å². The normalized spacial score (nSPS) is 13.9. The van der Waals surface area contributed by atoms with E-state index in [-0.39, 0.29) is 5.91 Å². The fourth-order valence-electron chi connectivity index (χ4n) is 2.99. The number of fused-ring (bicyclic) bond motifs is 1. The lowest BCUT2D eigenvalue weighted by Gasteiger charge is -2.20. The minimum absolute atomic E-state index is 0.0342. The number of hydrogen-bond donors (Lipinski definition) is 1. The van der Waals surface area contributed by atoms with Gasteiger partial charge in [0.15, 0.2) is 0 Å². The van der Waals surface area contributed by atoms with Crippen LogP contribution in [-0.4, -0.2) is 43.0 Å². The fourth-order valence-corrected chi connectivity index (χ4v) is 2.99. The summed E-state index contributed by atoms with van der Waals surface area (Å²) in [4.78, 5) is 18.8. The SMILES string of the molecule is CNc1ccc(C(=O)N2CCc3cccc(OC)c3CC2)cn1. The first kappa shape index (κ1) is 15.3. The summed E-state index contributed by atoms with van der Waals surface area (Å²) in [6.45, 7) is 1.41. The second kappa shape index (κ2) is 6.69. The quantitative estimate of drug-likeness (QED) is 0.945. The van der Waals surface area contributed by atoms with Crippen LogP contribution in [0, 0.1) is 0 Å². The molecule has 0 saturated heterocycles. The van der Waals surface area contributed by atoms with E-state index in [0.29, 0.717) is 18.7 Å². The van der Waals surface area contributed by atoms with E-state index in [1.807, 2.05) is 36.2 Å². The Morgan fingerprint density at radius 1 is 1.22 bits per heavy atom. The van der Waals surface area contributed by atoms with E-state index in [1.54, 1.807) is 13.3 Å². The maximum absolute atomic E-state index is 12.7. The Bertz CT molecular complexity index is 698. The van der Waals surface area contributed by atoms with Gasteiger partial charge in [-0.05, 0) is 42.2 Å². The van der Waals surface area contributed by atoms with Gasteiger partial charge < -0.3 is 15.0 Å². The highest BCUT2D eigenvalue weighted by Gasteiger charge is 2.21. The number of carbonyl (C=O) groups excluding carboxylic acids is 1. The smallest absolute Gasteiger partial charge is 0.255 e. The third-order valence-corrected chi connectivity index (χ3v) is 4.29. The highest BCUT2D eigenvalue weighted by molar-refractivity contribution is 5.94. The molecule has 2 heterocycles. The zero-order chi connectivity index (χ0) is 16.2. The Labute approximate surface area is 136 Å². The van der Waals surface area contributed by atoms with Crippen LogP contribution in [0.1, 0.15) is 21.5 Å². The van der Waals surface area contributed by atoms with Gasteiger partial charge in [-0.25, -0.2) is 4.98 Å². The van der Waals surface area contributed by atoms with Gasteiger partial charge in [0.1, 0.15) is 11.6 Å². The molecule has 5 heteroatoms. The molecule has 3 rings (SSSR count). The lowest BCUT2D eigenvalue weighted by Crippen LogP contribution is -2.33. The Morgan fingerprint density at radius 3 is 2.74 bits per heavy atom. The number of rotatable bonds is 3. The molecule has 5 nitrogen and oxygen atoms in total. The molecule has 1 amide bonds. The lowest BCUT2D eigenvalue weighted by atomic mass is 10.0. The number of methoxy groups -OCH3 is 1. The van der Waals surface area contributed by atoms with Gasteiger partial charge in [-0.3, -0.25) is 4.79 Å². The van der Waals surface area contributed by atoms with E-state index in [0.717, 1.165) is 24.4 Å². The number of aromatic nitrogens is 1. The number of carbonyl (C=O) groups is 1. The molecule has 1 aliphatic rings. The van der Waals surface area contributed by atoms with Crippen molar-refractivity contribution in [1.82, 2.24) is 9.88 Å². The van der Waals surface area contributed by atoms with Gasteiger partial charge in [0, 0.05) is 26.3 Å². The van der Waals surface area contributed by atoms with Gasteiger partial charge in [0.05, 0.1) is 12.7 Å². The zero-order valence-electron chi connectivity index (χ0n) is 13.5. The average Bonchev–Trinajstić information content (AvgIpc) is 2.83. The Balaban J connectivity index is 1.77. The number of nitrogens with one attached hydrogen (secondary N) is 1. The number of hydrogen-bond acceptors (Lipinski definition) is 4. The number of benzene rings is 1. The van der Waals surface area contributed by atoms with Crippen molar-refractivity contribution < 1.29 is 9.53 Å². The molecular formula is C18H21N3O2. The highest BCUT2D eigenvalue weighted by Crippen LogP contribution is 2.26. The summed E-state index contributed by atoms with van der Waals surface area (Å²) in [6, 6.07) is 9.75. The molecule has 0 aliphatic carbocycles. The second-order valence-corrected chi connectivity index (χ2v) is 5.57. The van der Waals surface area contributed by atoms with Crippen LogP contribution in [0.5, 0.6) is 5.75 Å². The largest absolute Gasteiger partial charge is 0.496 e. The lowest BCUT2D eigenvalue weighted by molar-refractivity contribution is 0.0762. The Hall–Kier alpha value is -2.56. The zero-order valence-corrected chi connectivity index (χ0v) is 13.5. The predicted octanol–water partition coefficient (Wildman–Crippen LogP) is 2.37. The van der Waals surface area contributed by atoms with Crippen LogP contribution >= 0.6 is 0 Å². The Morgan fingerprint density at radius 2 is 2.04 bits per heavy atom. The fraction of sp³-hybridized carbons (Fsp3) is 0.333. The molecule has 0 spiro atoms. The molecule has 1 N–H and O–H groups in total. The van der Waals surface area contributed by atoms with Crippen LogP contribution in [0.4, 0.5) is 5.82 Å². The summed E-state index contributed by atoms with van der Waals surface area (Å²) in [6.07, 6.45) is 3.29. The summed E-state index contributed by atoms with van der Waals surface area (Å²) in [5.74, 6) is 1.71. The summed E-state index contributed by atoms with van der Waals surface area (Å²) in [5, 5.41) is 2.96. The van der Waals surface area contributed by atoms with E-state index in [2.05, 4.69) is 16.4 Å². The van der Waals surface area contributed by atoms with E-state index in [1.165, 1.54) is 11.1 Å². The second-order valence-electron chi connectivity index (χ2n) is 5.57. The number of nitrogens with zero attached hydrogens (tertiary/aromatic N) is 2. The molecule has 120 valence electrons. The molecule has 0 saturated carbocycles. The van der Waals surface area contributed by atoms with E-state index >= 15 is 0 Å². The van der Waals surface area contributed by atoms with Crippen molar-refractivity contribution in [1.29, 1.82) is 0 Å². The molecule has 0 radical (unpaired) electrons. The predicted molar refractivity (Wildman–Crippen MR) is 90.1 cm³/mol. The molecule has 23 heavy (non-hydrogen) atoms. The topological polar surface area (TPSA) is 54.5 Å². The molecule has 0 fully saturated rings. The van der Waals surface area contributed by atoms with Crippen molar-refractivity contribution in [2.75, 3.05) is 32.6 Å². The van der Waals surface area contributed by atoms with Gasteiger partial charge in [-0.15, -0.1) is 0 Å². The van der Waals surface area contributed by atoms with Gasteiger partial charge >= 0.3 is 0 Å². The van der Waals surface area contributed by atoms with Gasteiger partial charge in [-0.2, -0.15) is 0 Å². The van der Waals surface area contributed by atoms with Crippen LogP contribution in [0.3, 0.4) is 0 Å². The van der Waals surface area contributed by atoms with Crippen LogP contribution in [-0.2, 0) is 12.8 Å². The molecular weight excluding hydrogens is 290 g/mol. The Kier molecular flexibility index (Phi) is 4.46. The molecule has 0 unspecified atom stereocenters. The summed E-state index contributed by atoms with van der Waals surface area (Å²) in [5.41, 5.74) is 3.11. The highest BCUT2D eigenvalue weighted by atomic mass is 16.5. The minimum atomic E-state index is 0.0342. The first-order valence-electron chi connectivity index (χ1n) is 7.80. The maximum Gasteiger partial charge on any atom is 0.255 e. The number of amides is 1. The summed E-state index contributed by atoms with van der Waals surface area (Å²) >= 11 is 0. The molecule has 0 atom stereocenters. The summed E-state index contributed by atoms with van der Waals surface area (Å²) in [7, 11) is 3.50. The first-order valence-corrected chi connectivity index (χ1v) is 7.80. The average molecular weight is 311 g/mol. The molecule has 1 aromatic carbocycles. The molecule has 1 aromatic heterocycles. The van der Waals surface area contributed by atoms with Crippen molar-refractivity contribution in [3.63, 3.8) is 0 Å². The van der Waals surface area contributed by atoms with Crippen molar-refractivity contribution in [3.8, 4) is 5.75 Å². The van der Waals surface area contributed by atoms with E-state index < -0.39 is 0 Å². The van der Waals surface area contributed by atoms with E-state index in [9.17, 15) is 4.79 Å². The first-order chi connectivity index (χ1) is 11.2. The van der Waals surface area contributed by atoms with Crippen molar-refractivity contribution in [2.45, 2.75) is 12.8 Å².